The molecule has 0 aliphatic heterocycles. The third-order valence-electron chi connectivity index (χ3n) is 4.34. The highest BCUT2D eigenvalue weighted by molar-refractivity contribution is 9.10. The molecule has 0 fully saturated rings. The SMILES string of the molecule is COc1ccc(NC(=O)/C(C#N)=C\c2cc(Cl)c(OCc3ccc(Cl)cc3)c(Br)c2)cc1. The van der Waals surface area contributed by atoms with Crippen molar-refractivity contribution in [3.8, 4) is 17.6 Å². The molecule has 1 amide bonds. The number of anilines is 1. The molecule has 0 aliphatic rings. The molecule has 0 bridgehead atoms. The molecule has 0 aromatic heterocycles. The van der Waals surface area contributed by atoms with Gasteiger partial charge in [0.15, 0.2) is 5.75 Å². The van der Waals surface area contributed by atoms with E-state index in [2.05, 4.69) is 21.2 Å². The van der Waals surface area contributed by atoms with E-state index in [-0.39, 0.29) is 5.57 Å². The fraction of sp³-hybridized carbons (Fsp3) is 0.0833. The number of methoxy groups -OCH3 is 1. The van der Waals surface area contributed by atoms with Crippen molar-refractivity contribution in [3.05, 3.63) is 91.9 Å². The number of hydrogen-bond donors (Lipinski definition) is 1. The van der Waals surface area contributed by atoms with Crippen LogP contribution in [0.3, 0.4) is 0 Å². The van der Waals surface area contributed by atoms with E-state index >= 15 is 0 Å². The van der Waals surface area contributed by atoms with Gasteiger partial charge in [0.25, 0.3) is 5.91 Å². The molecule has 0 radical (unpaired) electrons. The van der Waals surface area contributed by atoms with Crippen LogP contribution in [-0.2, 0) is 11.4 Å². The predicted molar refractivity (Wildman–Crippen MR) is 130 cm³/mol. The van der Waals surface area contributed by atoms with Gasteiger partial charge < -0.3 is 14.8 Å². The average Bonchev–Trinajstić information content (AvgIpc) is 2.78. The van der Waals surface area contributed by atoms with Gasteiger partial charge in [-0.05, 0) is 81.7 Å². The third-order valence-corrected chi connectivity index (χ3v) is 5.46. The highest BCUT2D eigenvalue weighted by atomic mass is 79.9. The molecule has 3 aromatic carbocycles. The first kappa shape index (κ1) is 23.7. The van der Waals surface area contributed by atoms with E-state index in [1.807, 2.05) is 18.2 Å². The topological polar surface area (TPSA) is 71.3 Å². The molecule has 0 heterocycles. The van der Waals surface area contributed by atoms with Gasteiger partial charge >= 0.3 is 0 Å². The Kier molecular flexibility index (Phi) is 8.18. The zero-order valence-corrected chi connectivity index (χ0v) is 20.0. The summed E-state index contributed by atoms with van der Waals surface area (Å²) >= 11 is 15.7. The standard InChI is InChI=1S/C24H17BrCl2N2O3/c1-31-20-8-6-19(7-9-20)29-24(30)17(13-28)10-16-11-21(25)23(22(27)12-16)32-14-15-2-4-18(26)5-3-15/h2-12H,14H2,1H3,(H,29,30)/b17-10-. The molecule has 3 aromatic rings. The number of ether oxygens (including phenoxy) is 2. The van der Waals surface area contributed by atoms with Crippen LogP contribution in [0, 0.1) is 11.3 Å². The summed E-state index contributed by atoms with van der Waals surface area (Å²) in [4.78, 5) is 12.5. The molecule has 3 rings (SSSR count). The summed E-state index contributed by atoms with van der Waals surface area (Å²) in [7, 11) is 1.56. The van der Waals surface area contributed by atoms with Gasteiger partial charge in [-0.3, -0.25) is 4.79 Å². The Labute approximate surface area is 204 Å². The fourth-order valence-electron chi connectivity index (χ4n) is 2.72. The number of carbonyl (C=O) groups excluding carboxylic acids is 1. The summed E-state index contributed by atoms with van der Waals surface area (Å²) < 4.78 is 11.5. The molecule has 0 saturated heterocycles. The number of benzene rings is 3. The number of nitriles is 1. The van der Waals surface area contributed by atoms with Gasteiger partial charge in [-0.15, -0.1) is 0 Å². The Balaban J connectivity index is 1.74. The molecule has 0 spiro atoms. The van der Waals surface area contributed by atoms with Gasteiger partial charge in [-0.25, -0.2) is 0 Å². The van der Waals surface area contributed by atoms with Crippen molar-refractivity contribution >= 4 is 56.8 Å². The van der Waals surface area contributed by atoms with Crippen LogP contribution in [0.2, 0.25) is 10.0 Å². The zero-order valence-electron chi connectivity index (χ0n) is 16.9. The Morgan fingerprint density at radius 3 is 2.41 bits per heavy atom. The molecule has 162 valence electrons. The Hall–Kier alpha value is -2.98. The lowest BCUT2D eigenvalue weighted by Gasteiger charge is -2.11. The lowest BCUT2D eigenvalue weighted by atomic mass is 10.1. The zero-order chi connectivity index (χ0) is 23.1. The second-order valence-corrected chi connectivity index (χ2v) is 8.28. The highest BCUT2D eigenvalue weighted by Gasteiger charge is 2.13. The molecular weight excluding hydrogens is 515 g/mol. The van der Waals surface area contributed by atoms with Crippen LogP contribution < -0.4 is 14.8 Å². The second-order valence-electron chi connectivity index (χ2n) is 6.58. The van der Waals surface area contributed by atoms with Gasteiger partial charge in [0.1, 0.15) is 24.0 Å². The highest BCUT2D eigenvalue weighted by Crippen LogP contribution is 2.35. The van der Waals surface area contributed by atoms with Crippen molar-refractivity contribution in [1.29, 1.82) is 5.26 Å². The summed E-state index contributed by atoms with van der Waals surface area (Å²) in [5.74, 6) is 0.588. The fourth-order valence-corrected chi connectivity index (χ4v) is 3.84. The van der Waals surface area contributed by atoms with E-state index < -0.39 is 5.91 Å². The number of carbonyl (C=O) groups is 1. The Morgan fingerprint density at radius 1 is 1.12 bits per heavy atom. The molecule has 1 N–H and O–H groups in total. The first-order valence-corrected chi connectivity index (χ1v) is 10.9. The monoisotopic (exact) mass is 530 g/mol. The Morgan fingerprint density at radius 2 is 1.81 bits per heavy atom. The minimum absolute atomic E-state index is 0.0707. The smallest absolute Gasteiger partial charge is 0.266 e. The van der Waals surface area contributed by atoms with Crippen LogP contribution in [0.4, 0.5) is 5.69 Å². The summed E-state index contributed by atoms with van der Waals surface area (Å²) in [6.07, 6.45) is 1.46. The quantitative estimate of drug-likeness (QED) is 0.266. The molecule has 0 unspecified atom stereocenters. The maximum Gasteiger partial charge on any atom is 0.266 e. The van der Waals surface area contributed by atoms with E-state index in [9.17, 15) is 10.1 Å². The number of hydrogen-bond acceptors (Lipinski definition) is 4. The van der Waals surface area contributed by atoms with Crippen molar-refractivity contribution in [2.24, 2.45) is 0 Å². The van der Waals surface area contributed by atoms with Crippen LogP contribution in [-0.4, -0.2) is 13.0 Å². The summed E-state index contributed by atoms with van der Waals surface area (Å²) in [5.41, 5.74) is 1.98. The lowest BCUT2D eigenvalue weighted by Crippen LogP contribution is -2.13. The van der Waals surface area contributed by atoms with Crippen LogP contribution >= 0.6 is 39.1 Å². The first-order valence-electron chi connectivity index (χ1n) is 9.33. The van der Waals surface area contributed by atoms with E-state index in [1.165, 1.54) is 6.08 Å². The van der Waals surface area contributed by atoms with E-state index in [0.29, 0.717) is 43.9 Å². The average molecular weight is 532 g/mol. The predicted octanol–water partition coefficient (Wildman–Crippen LogP) is 6.89. The number of nitrogens with zero attached hydrogens (tertiary/aromatic N) is 1. The van der Waals surface area contributed by atoms with Crippen LogP contribution in [0.1, 0.15) is 11.1 Å². The molecule has 32 heavy (non-hydrogen) atoms. The number of rotatable bonds is 7. The van der Waals surface area contributed by atoms with Gasteiger partial charge in [0.05, 0.1) is 16.6 Å². The van der Waals surface area contributed by atoms with Crippen LogP contribution in [0.15, 0.2) is 70.7 Å². The molecule has 0 atom stereocenters. The van der Waals surface area contributed by atoms with E-state index in [1.54, 1.807) is 55.6 Å². The van der Waals surface area contributed by atoms with Crippen molar-refractivity contribution < 1.29 is 14.3 Å². The maximum atomic E-state index is 12.5. The van der Waals surface area contributed by atoms with Crippen molar-refractivity contribution in [2.75, 3.05) is 12.4 Å². The van der Waals surface area contributed by atoms with Gasteiger partial charge in [0.2, 0.25) is 0 Å². The molecule has 0 aliphatic carbocycles. The second kappa shape index (κ2) is 11.1. The molecular formula is C24H17BrCl2N2O3. The van der Waals surface area contributed by atoms with Crippen molar-refractivity contribution in [1.82, 2.24) is 0 Å². The van der Waals surface area contributed by atoms with Gasteiger partial charge in [0, 0.05) is 10.7 Å². The largest absolute Gasteiger partial charge is 0.497 e. The van der Waals surface area contributed by atoms with Crippen molar-refractivity contribution in [2.45, 2.75) is 6.61 Å². The minimum Gasteiger partial charge on any atom is -0.497 e. The van der Waals surface area contributed by atoms with E-state index in [0.717, 1.165) is 5.56 Å². The number of amides is 1. The molecule has 0 saturated carbocycles. The molecule has 8 heteroatoms. The van der Waals surface area contributed by atoms with Crippen LogP contribution in [0.5, 0.6) is 11.5 Å². The number of nitrogens with one attached hydrogen (secondary N) is 1. The third kappa shape index (κ3) is 6.27. The maximum absolute atomic E-state index is 12.5. The summed E-state index contributed by atoms with van der Waals surface area (Å²) in [5, 5.41) is 13.1. The lowest BCUT2D eigenvalue weighted by molar-refractivity contribution is -0.112. The minimum atomic E-state index is -0.534. The number of halogens is 3. The van der Waals surface area contributed by atoms with Gasteiger partial charge in [-0.1, -0.05) is 35.3 Å². The van der Waals surface area contributed by atoms with Gasteiger partial charge in [-0.2, -0.15) is 5.26 Å². The van der Waals surface area contributed by atoms with E-state index in [4.69, 9.17) is 32.7 Å². The summed E-state index contributed by atoms with van der Waals surface area (Å²) in [6, 6.07) is 19.4. The van der Waals surface area contributed by atoms with Crippen LogP contribution in [0.25, 0.3) is 6.08 Å². The normalized spacial score (nSPS) is 10.9. The summed E-state index contributed by atoms with van der Waals surface area (Å²) in [6.45, 7) is 0.304. The first-order chi connectivity index (χ1) is 15.4. The molecule has 5 nitrogen and oxygen atoms in total. The van der Waals surface area contributed by atoms with Crippen molar-refractivity contribution in [3.63, 3.8) is 0 Å². The Bertz CT molecular complexity index is 1160.